The van der Waals surface area contributed by atoms with Gasteiger partial charge >= 0.3 is 0 Å². The van der Waals surface area contributed by atoms with E-state index in [1.54, 1.807) is 12.1 Å². The van der Waals surface area contributed by atoms with E-state index < -0.39 is 0 Å². The molecule has 0 aromatic heterocycles. The standard InChI is InChI=1S/C14H18FNO/c1-3-5-11(2)17-13-8-7-12(6-4-9-16)14(15)10-13/h7-8,10-11H,3,5,9,16H2,1-2H3. The maximum atomic E-state index is 13.6. The van der Waals surface area contributed by atoms with Crippen molar-refractivity contribution in [2.75, 3.05) is 6.54 Å². The summed E-state index contributed by atoms with van der Waals surface area (Å²) in [4.78, 5) is 0. The summed E-state index contributed by atoms with van der Waals surface area (Å²) in [7, 11) is 0. The van der Waals surface area contributed by atoms with Gasteiger partial charge in [-0.2, -0.15) is 0 Å². The lowest BCUT2D eigenvalue weighted by Gasteiger charge is -2.13. The lowest BCUT2D eigenvalue weighted by Crippen LogP contribution is -2.11. The highest BCUT2D eigenvalue weighted by molar-refractivity contribution is 5.39. The summed E-state index contributed by atoms with van der Waals surface area (Å²) in [6.07, 6.45) is 2.10. The summed E-state index contributed by atoms with van der Waals surface area (Å²) in [5.74, 6) is 5.47. The number of benzene rings is 1. The van der Waals surface area contributed by atoms with E-state index in [9.17, 15) is 4.39 Å². The quantitative estimate of drug-likeness (QED) is 0.814. The number of rotatable bonds is 4. The van der Waals surface area contributed by atoms with Gasteiger partial charge in [0.05, 0.1) is 18.2 Å². The molecule has 0 bridgehead atoms. The molecule has 1 aromatic rings. The van der Waals surface area contributed by atoms with Crippen LogP contribution in [-0.2, 0) is 0 Å². The smallest absolute Gasteiger partial charge is 0.142 e. The summed E-state index contributed by atoms with van der Waals surface area (Å²) in [5, 5.41) is 0. The van der Waals surface area contributed by atoms with E-state index in [4.69, 9.17) is 10.5 Å². The van der Waals surface area contributed by atoms with Gasteiger partial charge in [-0.15, -0.1) is 0 Å². The Morgan fingerprint density at radius 3 is 2.82 bits per heavy atom. The minimum atomic E-state index is -0.368. The van der Waals surface area contributed by atoms with Crippen LogP contribution in [0.3, 0.4) is 0 Å². The first-order valence-electron chi connectivity index (χ1n) is 5.82. The molecule has 0 aliphatic carbocycles. The monoisotopic (exact) mass is 235 g/mol. The zero-order valence-corrected chi connectivity index (χ0v) is 10.3. The molecule has 3 heteroatoms. The summed E-state index contributed by atoms with van der Waals surface area (Å²) in [6.45, 7) is 4.29. The normalized spacial score (nSPS) is 11.5. The Balaban J connectivity index is 2.75. The maximum Gasteiger partial charge on any atom is 0.142 e. The van der Waals surface area contributed by atoms with Crippen molar-refractivity contribution >= 4 is 0 Å². The Morgan fingerprint density at radius 1 is 1.47 bits per heavy atom. The first kappa shape index (κ1) is 13.5. The number of hydrogen-bond donors (Lipinski definition) is 1. The highest BCUT2D eigenvalue weighted by atomic mass is 19.1. The molecule has 92 valence electrons. The van der Waals surface area contributed by atoms with Crippen molar-refractivity contribution < 1.29 is 9.13 Å². The van der Waals surface area contributed by atoms with Crippen molar-refractivity contribution in [3.8, 4) is 17.6 Å². The number of ether oxygens (including phenoxy) is 1. The fourth-order valence-corrected chi connectivity index (χ4v) is 1.51. The molecule has 0 radical (unpaired) electrons. The third-order valence-electron chi connectivity index (χ3n) is 2.30. The van der Waals surface area contributed by atoms with Crippen molar-refractivity contribution in [2.24, 2.45) is 5.73 Å². The van der Waals surface area contributed by atoms with E-state index in [0.717, 1.165) is 12.8 Å². The van der Waals surface area contributed by atoms with E-state index in [1.807, 2.05) is 6.92 Å². The molecule has 2 nitrogen and oxygen atoms in total. The molecule has 0 aliphatic rings. The number of hydrogen-bond acceptors (Lipinski definition) is 2. The first-order chi connectivity index (χ1) is 8.17. The predicted octanol–water partition coefficient (Wildman–Crippen LogP) is 2.70. The van der Waals surface area contributed by atoms with E-state index in [2.05, 4.69) is 18.8 Å². The van der Waals surface area contributed by atoms with Gasteiger partial charge in [0, 0.05) is 6.07 Å². The molecule has 0 saturated heterocycles. The van der Waals surface area contributed by atoms with Gasteiger partial charge in [-0.05, 0) is 25.5 Å². The topological polar surface area (TPSA) is 35.2 Å². The fourth-order valence-electron chi connectivity index (χ4n) is 1.51. The second kappa shape index (κ2) is 6.93. The molecule has 17 heavy (non-hydrogen) atoms. The minimum Gasteiger partial charge on any atom is -0.491 e. The van der Waals surface area contributed by atoms with Crippen molar-refractivity contribution in [1.29, 1.82) is 0 Å². The average Bonchev–Trinajstić information content (AvgIpc) is 2.28. The lowest BCUT2D eigenvalue weighted by molar-refractivity contribution is 0.209. The SMILES string of the molecule is CCCC(C)Oc1ccc(C#CCN)c(F)c1. The van der Waals surface area contributed by atoms with Crippen LogP contribution in [0.2, 0.25) is 0 Å². The molecule has 1 unspecified atom stereocenters. The molecule has 0 aliphatic heterocycles. The Hall–Kier alpha value is -1.53. The van der Waals surface area contributed by atoms with Gasteiger partial charge in [0.1, 0.15) is 11.6 Å². The summed E-state index contributed by atoms with van der Waals surface area (Å²) in [5.41, 5.74) is 5.59. The molecular weight excluding hydrogens is 217 g/mol. The molecule has 0 heterocycles. The van der Waals surface area contributed by atoms with Gasteiger partial charge < -0.3 is 10.5 Å². The van der Waals surface area contributed by atoms with Crippen molar-refractivity contribution in [1.82, 2.24) is 0 Å². The van der Waals surface area contributed by atoms with Crippen LogP contribution in [0.1, 0.15) is 32.3 Å². The average molecular weight is 235 g/mol. The zero-order valence-electron chi connectivity index (χ0n) is 10.3. The Morgan fingerprint density at radius 2 is 2.24 bits per heavy atom. The summed E-state index contributed by atoms with van der Waals surface area (Å²) < 4.78 is 19.2. The van der Waals surface area contributed by atoms with Gasteiger partial charge in [0.2, 0.25) is 0 Å². The zero-order chi connectivity index (χ0) is 12.7. The molecule has 0 amide bonds. The molecule has 2 N–H and O–H groups in total. The van der Waals surface area contributed by atoms with Crippen molar-refractivity contribution in [3.05, 3.63) is 29.6 Å². The van der Waals surface area contributed by atoms with Crippen molar-refractivity contribution in [3.63, 3.8) is 0 Å². The molecule has 0 fully saturated rings. The second-order valence-electron chi connectivity index (χ2n) is 3.86. The van der Waals surface area contributed by atoms with Crippen LogP contribution in [0.15, 0.2) is 18.2 Å². The fraction of sp³-hybridized carbons (Fsp3) is 0.429. The van der Waals surface area contributed by atoms with Crippen LogP contribution in [0, 0.1) is 17.7 Å². The minimum absolute atomic E-state index is 0.0976. The van der Waals surface area contributed by atoms with Crippen molar-refractivity contribution in [2.45, 2.75) is 32.8 Å². The Kier molecular flexibility index (Phi) is 5.51. The molecule has 1 rings (SSSR count). The summed E-state index contributed by atoms with van der Waals surface area (Å²) in [6, 6.07) is 4.72. The third-order valence-corrected chi connectivity index (χ3v) is 2.30. The lowest BCUT2D eigenvalue weighted by atomic mass is 10.2. The van der Waals surface area contributed by atoms with Crippen LogP contribution < -0.4 is 10.5 Å². The molecule has 0 spiro atoms. The van der Waals surface area contributed by atoms with Crippen LogP contribution >= 0.6 is 0 Å². The molecule has 1 aromatic carbocycles. The first-order valence-corrected chi connectivity index (χ1v) is 5.82. The number of halogens is 1. The Labute approximate surface area is 102 Å². The Bertz CT molecular complexity index is 420. The van der Waals surface area contributed by atoms with E-state index >= 15 is 0 Å². The van der Waals surface area contributed by atoms with Gasteiger partial charge in [-0.3, -0.25) is 0 Å². The largest absolute Gasteiger partial charge is 0.491 e. The van der Waals surface area contributed by atoms with Crippen LogP contribution in [0.4, 0.5) is 4.39 Å². The third kappa shape index (κ3) is 4.46. The molecule has 0 saturated carbocycles. The van der Waals surface area contributed by atoms with E-state index in [-0.39, 0.29) is 18.5 Å². The van der Waals surface area contributed by atoms with Crippen LogP contribution in [0.5, 0.6) is 5.75 Å². The highest BCUT2D eigenvalue weighted by Gasteiger charge is 2.05. The maximum absolute atomic E-state index is 13.6. The van der Waals surface area contributed by atoms with Gasteiger partial charge in [0.25, 0.3) is 0 Å². The van der Waals surface area contributed by atoms with Crippen LogP contribution in [-0.4, -0.2) is 12.6 Å². The summed E-state index contributed by atoms with van der Waals surface area (Å²) >= 11 is 0. The van der Waals surface area contributed by atoms with Crippen LogP contribution in [0.25, 0.3) is 0 Å². The van der Waals surface area contributed by atoms with E-state index in [1.165, 1.54) is 6.07 Å². The van der Waals surface area contributed by atoms with Gasteiger partial charge in [-0.1, -0.05) is 25.2 Å². The second-order valence-corrected chi connectivity index (χ2v) is 3.86. The van der Waals surface area contributed by atoms with Gasteiger partial charge in [-0.25, -0.2) is 4.39 Å². The molecule has 1 atom stereocenters. The number of nitrogens with two attached hydrogens (primary N) is 1. The van der Waals surface area contributed by atoms with Gasteiger partial charge in [0.15, 0.2) is 0 Å². The predicted molar refractivity (Wildman–Crippen MR) is 67.3 cm³/mol. The molecular formula is C14H18FNO. The van der Waals surface area contributed by atoms with E-state index in [0.29, 0.717) is 11.3 Å². The highest BCUT2D eigenvalue weighted by Crippen LogP contribution is 2.18.